The van der Waals surface area contributed by atoms with Crippen molar-refractivity contribution >= 4 is 23.3 Å². The van der Waals surface area contributed by atoms with Crippen LogP contribution in [-0.2, 0) is 22.3 Å². The fraction of sp³-hybridized carbons (Fsp3) is 0.600. The monoisotopic (exact) mass is 376 g/mol. The number of benzene rings is 1. The number of carbonyl (C=O) groups excluding carboxylic acids is 1. The number of rotatable bonds is 4. The molecule has 3 unspecified atom stereocenters. The highest BCUT2D eigenvalue weighted by Gasteiger charge is 2.43. The number of amides is 1. The fourth-order valence-electron chi connectivity index (χ4n) is 3.73. The predicted octanol–water partition coefficient (Wildman–Crippen LogP) is 4.10. The quantitative estimate of drug-likeness (QED) is 0.744. The van der Waals surface area contributed by atoms with Crippen LogP contribution < -0.4 is 0 Å². The van der Waals surface area contributed by atoms with Gasteiger partial charge >= 0.3 is 6.09 Å². The highest BCUT2D eigenvalue weighted by Crippen LogP contribution is 2.38. The van der Waals surface area contributed by atoms with Crippen LogP contribution in [0.15, 0.2) is 34.7 Å². The van der Waals surface area contributed by atoms with E-state index in [1.807, 2.05) is 62.2 Å². The maximum absolute atomic E-state index is 12.6. The zero-order valence-corrected chi connectivity index (χ0v) is 16.6. The van der Waals surface area contributed by atoms with Gasteiger partial charge in [-0.2, -0.15) is 4.40 Å². The van der Waals surface area contributed by atoms with Crippen LogP contribution in [0.1, 0.15) is 52.0 Å². The average Bonchev–Trinajstić information content (AvgIpc) is 2.88. The lowest BCUT2D eigenvalue weighted by atomic mass is 9.92. The summed E-state index contributed by atoms with van der Waals surface area (Å²) in [5.41, 5.74) is 1.000. The van der Waals surface area contributed by atoms with Crippen molar-refractivity contribution in [2.45, 2.75) is 69.9 Å². The van der Waals surface area contributed by atoms with Gasteiger partial charge in [0.25, 0.3) is 0 Å². The van der Waals surface area contributed by atoms with Gasteiger partial charge in [-0.15, -0.1) is 0 Å². The molecular formula is C20H28N2O3S. The molecule has 0 saturated carbocycles. The maximum atomic E-state index is 12.6. The summed E-state index contributed by atoms with van der Waals surface area (Å²) in [4.78, 5) is 14.5. The molecule has 3 rings (SSSR count). The lowest BCUT2D eigenvalue weighted by molar-refractivity contribution is 0.0602. The highest BCUT2D eigenvalue weighted by atomic mass is 32.2. The molecule has 5 nitrogen and oxygen atoms in total. The fourth-order valence-corrected chi connectivity index (χ4v) is 4.33. The largest absolute Gasteiger partial charge is 0.445 e. The molecule has 1 aromatic carbocycles. The molecule has 2 heterocycles. The Morgan fingerprint density at radius 2 is 1.85 bits per heavy atom. The molecule has 0 aromatic heterocycles. The van der Waals surface area contributed by atoms with Gasteiger partial charge < -0.3 is 9.64 Å². The maximum Gasteiger partial charge on any atom is 0.410 e. The molecule has 3 atom stereocenters. The van der Waals surface area contributed by atoms with Crippen LogP contribution in [0.4, 0.5) is 4.79 Å². The number of hydrogen-bond acceptors (Lipinski definition) is 3. The first-order valence-electron chi connectivity index (χ1n) is 9.30. The Balaban J connectivity index is 1.56. The van der Waals surface area contributed by atoms with Crippen molar-refractivity contribution in [3.63, 3.8) is 0 Å². The van der Waals surface area contributed by atoms with E-state index in [0.29, 0.717) is 6.61 Å². The summed E-state index contributed by atoms with van der Waals surface area (Å²) < 4.78 is 21.6. The first-order chi connectivity index (χ1) is 12.3. The van der Waals surface area contributed by atoms with Crippen LogP contribution in [0.3, 0.4) is 0 Å². The molecule has 1 aromatic rings. The molecule has 2 aliphatic rings. The number of carbonyl (C=O) groups is 1. The zero-order chi connectivity index (χ0) is 18.7. The summed E-state index contributed by atoms with van der Waals surface area (Å²) in [5.74, 6) is 0.289. The Morgan fingerprint density at radius 1 is 1.23 bits per heavy atom. The minimum atomic E-state index is -1.22. The van der Waals surface area contributed by atoms with Crippen molar-refractivity contribution in [2.24, 2.45) is 10.3 Å². The molecule has 6 heteroatoms. The van der Waals surface area contributed by atoms with E-state index in [4.69, 9.17) is 4.74 Å². The second-order valence-electron chi connectivity index (χ2n) is 8.18. The molecule has 2 fully saturated rings. The van der Waals surface area contributed by atoms with Gasteiger partial charge in [-0.25, -0.2) is 9.00 Å². The molecule has 1 amide bonds. The normalized spacial score (nSPS) is 26.9. The van der Waals surface area contributed by atoms with Crippen LogP contribution in [0, 0.1) is 5.92 Å². The van der Waals surface area contributed by atoms with Crippen molar-refractivity contribution in [1.82, 2.24) is 4.90 Å². The van der Waals surface area contributed by atoms with E-state index in [1.54, 1.807) is 0 Å². The van der Waals surface area contributed by atoms with Gasteiger partial charge in [0.05, 0.1) is 4.75 Å². The molecule has 142 valence electrons. The average molecular weight is 377 g/mol. The van der Waals surface area contributed by atoms with Crippen LogP contribution in [-0.4, -0.2) is 38.2 Å². The van der Waals surface area contributed by atoms with Crippen LogP contribution in [0.5, 0.6) is 0 Å². The molecule has 0 radical (unpaired) electrons. The van der Waals surface area contributed by atoms with E-state index in [9.17, 15) is 9.00 Å². The number of fused-ring (bicyclic) bond motifs is 2. The van der Waals surface area contributed by atoms with Gasteiger partial charge in [-0.1, -0.05) is 30.3 Å². The Labute approximate surface area is 158 Å². The summed E-state index contributed by atoms with van der Waals surface area (Å²) in [6, 6.07) is 10.2. The number of nitrogens with zero attached hydrogens (tertiary/aromatic N) is 2. The summed E-state index contributed by atoms with van der Waals surface area (Å²) >= 11 is 0. The van der Waals surface area contributed by atoms with Crippen LogP contribution in [0.2, 0.25) is 0 Å². The number of hydrogen-bond donors (Lipinski definition) is 0. The molecule has 0 spiro atoms. The van der Waals surface area contributed by atoms with Crippen LogP contribution in [0.25, 0.3) is 0 Å². The van der Waals surface area contributed by atoms with Gasteiger partial charge in [0.2, 0.25) is 0 Å². The van der Waals surface area contributed by atoms with E-state index in [2.05, 4.69) is 4.40 Å². The summed E-state index contributed by atoms with van der Waals surface area (Å²) in [6.07, 6.45) is 5.42. The zero-order valence-electron chi connectivity index (χ0n) is 15.8. The number of ether oxygens (including phenoxy) is 1. The van der Waals surface area contributed by atoms with Gasteiger partial charge in [0, 0.05) is 18.3 Å². The first kappa shape index (κ1) is 19.1. The summed E-state index contributed by atoms with van der Waals surface area (Å²) in [7, 11) is -1.22. The van der Waals surface area contributed by atoms with E-state index in [1.165, 1.54) is 0 Å². The van der Waals surface area contributed by atoms with E-state index >= 15 is 0 Å². The molecule has 0 N–H and O–H groups in total. The molecule has 2 saturated heterocycles. The number of piperidine rings is 1. The third-order valence-corrected chi connectivity index (χ3v) is 6.44. The smallest absolute Gasteiger partial charge is 0.410 e. The SMILES string of the molecule is CC(C)(C)S(=O)/N=C/C1CC2CCC(C1)N2C(=O)OCc1ccccc1. The lowest BCUT2D eigenvalue weighted by Gasteiger charge is -2.37. The minimum absolute atomic E-state index is 0.205. The second kappa shape index (κ2) is 7.91. The van der Waals surface area contributed by atoms with Crippen molar-refractivity contribution in [3.05, 3.63) is 35.9 Å². The van der Waals surface area contributed by atoms with Crippen molar-refractivity contribution < 1.29 is 13.7 Å². The predicted molar refractivity (Wildman–Crippen MR) is 104 cm³/mol. The van der Waals surface area contributed by atoms with E-state index < -0.39 is 11.0 Å². The standard InChI is InChI=1S/C20H28N2O3S/c1-20(2,3)26(24)21-13-16-11-17-9-10-18(12-16)22(17)19(23)25-14-15-7-5-4-6-8-15/h4-8,13,16-18H,9-12,14H2,1-3H3/b21-13+. The van der Waals surface area contributed by atoms with Gasteiger partial charge in [0.1, 0.15) is 17.6 Å². The minimum Gasteiger partial charge on any atom is -0.445 e. The molecule has 2 bridgehead atoms. The van der Waals surface area contributed by atoms with Crippen molar-refractivity contribution in [3.8, 4) is 0 Å². The Morgan fingerprint density at radius 3 is 2.42 bits per heavy atom. The molecule has 2 aliphatic heterocycles. The third-order valence-electron chi connectivity index (χ3n) is 5.08. The van der Waals surface area contributed by atoms with Crippen LogP contribution >= 0.6 is 0 Å². The Kier molecular flexibility index (Phi) is 5.80. The van der Waals surface area contributed by atoms with Gasteiger partial charge in [-0.05, 0) is 57.9 Å². The molecule has 0 aliphatic carbocycles. The van der Waals surface area contributed by atoms with Gasteiger partial charge in [-0.3, -0.25) is 0 Å². The molecule has 26 heavy (non-hydrogen) atoms. The summed E-state index contributed by atoms with van der Waals surface area (Å²) in [6.45, 7) is 6.09. The van der Waals surface area contributed by atoms with Crippen molar-refractivity contribution in [1.29, 1.82) is 0 Å². The first-order valence-corrected chi connectivity index (χ1v) is 10.4. The Hall–Kier alpha value is -1.69. The second-order valence-corrected chi connectivity index (χ2v) is 10.1. The van der Waals surface area contributed by atoms with Gasteiger partial charge in [0.15, 0.2) is 0 Å². The van der Waals surface area contributed by atoms with Crippen molar-refractivity contribution in [2.75, 3.05) is 0 Å². The summed E-state index contributed by atoms with van der Waals surface area (Å²) in [5, 5.41) is 0. The Bertz CT molecular complexity index is 670. The lowest BCUT2D eigenvalue weighted by Crippen LogP contribution is -2.47. The molecular weight excluding hydrogens is 348 g/mol. The van der Waals surface area contributed by atoms with E-state index in [0.717, 1.165) is 31.2 Å². The highest BCUT2D eigenvalue weighted by molar-refractivity contribution is 7.85. The topological polar surface area (TPSA) is 59.0 Å². The van der Waals surface area contributed by atoms with E-state index in [-0.39, 0.29) is 28.8 Å². The third kappa shape index (κ3) is 4.53.